The highest BCUT2D eigenvalue weighted by atomic mass is 32.1. The minimum atomic E-state index is 0.282. The van der Waals surface area contributed by atoms with Crippen molar-refractivity contribution in [3.05, 3.63) is 34.1 Å². The average molecular weight is 305 g/mol. The zero-order chi connectivity index (χ0) is 14.2. The van der Waals surface area contributed by atoms with E-state index in [1.54, 1.807) is 11.3 Å². The molecule has 2 saturated heterocycles. The van der Waals surface area contributed by atoms with Gasteiger partial charge in [0.1, 0.15) is 0 Å². The van der Waals surface area contributed by atoms with E-state index in [1.165, 1.54) is 5.56 Å². The summed E-state index contributed by atoms with van der Waals surface area (Å²) in [6, 6.07) is 2.74. The number of aryl methyl sites for hydroxylation is 1. The first kappa shape index (κ1) is 13.4. The molecule has 0 aromatic carbocycles. The standard InChI is InChI=1S/C15H19N3O2S/c1-10-16-15(20-17-10)12-6-14-13(2-4-19-14)18(8-12)7-11-3-5-21-9-11/h3,5,9,12-14H,2,4,6-8H2,1H3/t12-,13-,14-/m1/s1. The first-order valence-corrected chi connectivity index (χ1v) is 8.41. The number of likely N-dealkylation sites (tertiary alicyclic amines) is 1. The fourth-order valence-corrected chi connectivity index (χ4v) is 4.17. The van der Waals surface area contributed by atoms with Crippen LogP contribution >= 0.6 is 11.3 Å². The summed E-state index contributed by atoms with van der Waals surface area (Å²) < 4.78 is 11.3. The largest absolute Gasteiger partial charge is 0.377 e. The summed E-state index contributed by atoms with van der Waals surface area (Å²) in [5.74, 6) is 1.75. The minimum Gasteiger partial charge on any atom is -0.377 e. The van der Waals surface area contributed by atoms with Crippen molar-refractivity contribution < 1.29 is 9.26 Å². The van der Waals surface area contributed by atoms with Crippen LogP contribution < -0.4 is 0 Å². The molecule has 0 unspecified atom stereocenters. The predicted octanol–water partition coefficient (Wildman–Crippen LogP) is 2.59. The van der Waals surface area contributed by atoms with E-state index < -0.39 is 0 Å². The summed E-state index contributed by atoms with van der Waals surface area (Å²) >= 11 is 1.76. The number of hydrogen-bond donors (Lipinski definition) is 0. The normalized spacial score (nSPS) is 29.7. The van der Waals surface area contributed by atoms with Crippen molar-refractivity contribution >= 4 is 11.3 Å². The van der Waals surface area contributed by atoms with Gasteiger partial charge in [0.2, 0.25) is 5.89 Å². The van der Waals surface area contributed by atoms with Crippen LogP contribution in [0.5, 0.6) is 0 Å². The number of aromatic nitrogens is 2. The second-order valence-electron chi connectivity index (χ2n) is 5.94. The Labute approximate surface area is 127 Å². The van der Waals surface area contributed by atoms with Crippen LogP contribution in [0.3, 0.4) is 0 Å². The van der Waals surface area contributed by atoms with Gasteiger partial charge in [-0.05, 0) is 42.2 Å². The second-order valence-corrected chi connectivity index (χ2v) is 6.72. The van der Waals surface area contributed by atoms with E-state index >= 15 is 0 Å². The molecule has 2 fully saturated rings. The Bertz CT molecular complexity index is 598. The molecule has 0 aliphatic carbocycles. The third-order valence-corrected chi connectivity index (χ3v) is 5.21. The maximum absolute atomic E-state index is 5.94. The summed E-state index contributed by atoms with van der Waals surface area (Å²) in [5, 5.41) is 8.30. The first-order chi connectivity index (χ1) is 10.3. The van der Waals surface area contributed by atoms with Crippen LogP contribution in [0.2, 0.25) is 0 Å². The Morgan fingerprint density at radius 2 is 2.43 bits per heavy atom. The fraction of sp³-hybridized carbons (Fsp3) is 0.600. The van der Waals surface area contributed by atoms with Crippen LogP contribution in [-0.4, -0.2) is 40.3 Å². The van der Waals surface area contributed by atoms with Crippen LogP contribution in [-0.2, 0) is 11.3 Å². The molecule has 2 aliphatic rings. The number of thiophene rings is 1. The fourth-order valence-electron chi connectivity index (χ4n) is 3.51. The Hall–Kier alpha value is -1.24. The van der Waals surface area contributed by atoms with E-state index in [-0.39, 0.29) is 5.92 Å². The molecule has 4 heterocycles. The van der Waals surface area contributed by atoms with E-state index in [2.05, 4.69) is 31.9 Å². The molecule has 0 bridgehead atoms. The summed E-state index contributed by atoms with van der Waals surface area (Å²) in [4.78, 5) is 6.96. The maximum atomic E-state index is 5.94. The molecule has 0 saturated carbocycles. The summed E-state index contributed by atoms with van der Waals surface area (Å²) in [6.07, 6.45) is 2.42. The van der Waals surface area contributed by atoms with Crippen molar-refractivity contribution in [2.24, 2.45) is 0 Å². The molecule has 5 nitrogen and oxygen atoms in total. The molecule has 0 spiro atoms. The molecular weight excluding hydrogens is 286 g/mol. The lowest BCUT2D eigenvalue weighted by molar-refractivity contribution is 0.00852. The third-order valence-electron chi connectivity index (χ3n) is 4.47. The zero-order valence-corrected chi connectivity index (χ0v) is 12.9. The highest BCUT2D eigenvalue weighted by Gasteiger charge is 2.42. The van der Waals surface area contributed by atoms with Gasteiger partial charge in [0, 0.05) is 25.7 Å². The molecule has 4 rings (SSSR count). The molecule has 6 heteroatoms. The van der Waals surface area contributed by atoms with Crippen LogP contribution in [0.1, 0.15) is 36.0 Å². The number of nitrogens with zero attached hydrogens (tertiary/aromatic N) is 3. The lowest BCUT2D eigenvalue weighted by Crippen LogP contribution is -2.48. The highest BCUT2D eigenvalue weighted by molar-refractivity contribution is 7.07. The quantitative estimate of drug-likeness (QED) is 0.872. The maximum Gasteiger partial charge on any atom is 0.231 e. The van der Waals surface area contributed by atoms with Crippen LogP contribution in [0.4, 0.5) is 0 Å². The monoisotopic (exact) mass is 305 g/mol. The van der Waals surface area contributed by atoms with Crippen molar-refractivity contribution in [1.82, 2.24) is 15.0 Å². The van der Waals surface area contributed by atoms with Crippen LogP contribution in [0.25, 0.3) is 0 Å². The van der Waals surface area contributed by atoms with Crippen LogP contribution in [0.15, 0.2) is 21.3 Å². The molecular formula is C15H19N3O2S. The number of ether oxygens (including phenoxy) is 1. The van der Waals surface area contributed by atoms with Gasteiger partial charge in [0.25, 0.3) is 0 Å². The van der Waals surface area contributed by atoms with Gasteiger partial charge in [0.15, 0.2) is 5.82 Å². The minimum absolute atomic E-state index is 0.282. The highest BCUT2D eigenvalue weighted by Crippen LogP contribution is 2.36. The second kappa shape index (κ2) is 5.51. The van der Waals surface area contributed by atoms with Gasteiger partial charge in [-0.2, -0.15) is 16.3 Å². The topological polar surface area (TPSA) is 51.4 Å². The summed E-state index contributed by atoms with van der Waals surface area (Å²) in [6.45, 7) is 4.69. The van der Waals surface area contributed by atoms with E-state index in [1.807, 2.05) is 6.92 Å². The molecule has 21 heavy (non-hydrogen) atoms. The zero-order valence-electron chi connectivity index (χ0n) is 12.1. The van der Waals surface area contributed by atoms with Crippen molar-refractivity contribution in [3.63, 3.8) is 0 Å². The number of fused-ring (bicyclic) bond motifs is 1. The molecule has 112 valence electrons. The molecule has 3 atom stereocenters. The number of piperidine rings is 1. The third kappa shape index (κ3) is 2.63. The van der Waals surface area contributed by atoms with Gasteiger partial charge < -0.3 is 9.26 Å². The smallest absolute Gasteiger partial charge is 0.231 e. The van der Waals surface area contributed by atoms with Crippen molar-refractivity contribution in [3.8, 4) is 0 Å². The predicted molar refractivity (Wildman–Crippen MR) is 79.3 cm³/mol. The van der Waals surface area contributed by atoms with E-state index in [9.17, 15) is 0 Å². The molecule has 2 aliphatic heterocycles. The summed E-state index contributed by atoms with van der Waals surface area (Å²) in [5.41, 5.74) is 1.38. The Morgan fingerprint density at radius 1 is 1.48 bits per heavy atom. The first-order valence-electron chi connectivity index (χ1n) is 7.46. The van der Waals surface area contributed by atoms with Gasteiger partial charge in [-0.3, -0.25) is 4.90 Å². The van der Waals surface area contributed by atoms with Crippen molar-refractivity contribution in [2.45, 2.75) is 44.4 Å². The lowest BCUT2D eigenvalue weighted by Gasteiger charge is -2.39. The molecule has 2 aromatic heterocycles. The van der Waals surface area contributed by atoms with Crippen LogP contribution in [0, 0.1) is 6.92 Å². The van der Waals surface area contributed by atoms with Gasteiger partial charge in [0.05, 0.1) is 12.0 Å². The van der Waals surface area contributed by atoms with Crippen molar-refractivity contribution in [1.29, 1.82) is 0 Å². The average Bonchev–Trinajstić information content (AvgIpc) is 3.18. The van der Waals surface area contributed by atoms with Gasteiger partial charge in [-0.25, -0.2) is 0 Å². The Morgan fingerprint density at radius 3 is 3.19 bits per heavy atom. The lowest BCUT2D eigenvalue weighted by atomic mass is 9.89. The SMILES string of the molecule is Cc1noc([C@@H]2C[C@H]3OCC[C@H]3N(Cc3ccsc3)C2)n1. The molecule has 2 aromatic rings. The van der Waals surface area contributed by atoms with Gasteiger partial charge in [-0.1, -0.05) is 5.16 Å². The van der Waals surface area contributed by atoms with E-state index in [0.717, 1.165) is 38.4 Å². The molecule has 0 amide bonds. The Kier molecular flexibility index (Phi) is 3.52. The van der Waals surface area contributed by atoms with E-state index in [4.69, 9.17) is 9.26 Å². The van der Waals surface area contributed by atoms with Gasteiger partial charge >= 0.3 is 0 Å². The number of hydrogen-bond acceptors (Lipinski definition) is 6. The van der Waals surface area contributed by atoms with Gasteiger partial charge in [-0.15, -0.1) is 0 Å². The summed E-state index contributed by atoms with van der Waals surface area (Å²) in [7, 11) is 0. The number of rotatable bonds is 3. The van der Waals surface area contributed by atoms with Crippen molar-refractivity contribution in [2.75, 3.05) is 13.2 Å². The molecule has 0 N–H and O–H groups in total. The van der Waals surface area contributed by atoms with E-state index in [0.29, 0.717) is 18.0 Å². The molecule has 0 radical (unpaired) electrons. The Balaban J connectivity index is 1.55.